The van der Waals surface area contributed by atoms with Crippen LogP contribution in [-0.2, 0) is 9.59 Å². The van der Waals surface area contributed by atoms with Crippen molar-refractivity contribution >= 4 is 23.2 Å². The Balaban J connectivity index is 2.14. The lowest BCUT2D eigenvalue weighted by molar-refractivity contribution is -0.146. The number of anilines is 2. The molecule has 1 aromatic carbocycles. The molecule has 0 saturated carbocycles. The Kier molecular flexibility index (Phi) is 4.35. The summed E-state index contributed by atoms with van der Waals surface area (Å²) in [6.07, 6.45) is 0.883. The molecule has 6 nitrogen and oxygen atoms in total. The normalized spacial score (nSPS) is 19.0. The van der Waals surface area contributed by atoms with Crippen LogP contribution in [0.15, 0.2) is 18.2 Å². The molecular formula is C15H21N3O3. The number of carbonyl (C=O) groups is 2. The fourth-order valence-corrected chi connectivity index (χ4v) is 2.30. The number of nitrogens with zero attached hydrogens (tertiary/aromatic N) is 1. The first-order chi connectivity index (χ1) is 9.86. The number of ether oxygens (including phenoxy) is 1. The van der Waals surface area contributed by atoms with E-state index in [2.05, 4.69) is 5.32 Å². The molecule has 1 aliphatic rings. The van der Waals surface area contributed by atoms with Crippen LogP contribution in [0.1, 0.15) is 26.7 Å². The van der Waals surface area contributed by atoms with Gasteiger partial charge in [-0.3, -0.25) is 14.5 Å². The number of carbonyl (C=O) groups excluding carboxylic acids is 2. The van der Waals surface area contributed by atoms with Crippen molar-refractivity contribution in [2.75, 3.05) is 18.1 Å². The third kappa shape index (κ3) is 3.65. The first kappa shape index (κ1) is 15.2. The minimum absolute atomic E-state index is 0.0414. The fraction of sp³-hybridized carbons (Fsp3) is 0.467. The van der Waals surface area contributed by atoms with Crippen molar-refractivity contribution in [1.82, 2.24) is 4.90 Å². The molecular weight excluding hydrogens is 270 g/mol. The van der Waals surface area contributed by atoms with Crippen LogP contribution in [0.3, 0.4) is 0 Å². The van der Waals surface area contributed by atoms with Gasteiger partial charge >= 0.3 is 0 Å². The molecule has 2 rings (SSSR count). The third-order valence-corrected chi connectivity index (χ3v) is 3.29. The van der Waals surface area contributed by atoms with E-state index in [0.717, 1.165) is 0 Å². The summed E-state index contributed by atoms with van der Waals surface area (Å²) in [7, 11) is 1.51. The maximum absolute atomic E-state index is 12.1. The molecule has 0 spiro atoms. The largest absolute Gasteiger partial charge is 0.491 e. The molecule has 0 aromatic heterocycles. The minimum Gasteiger partial charge on any atom is -0.491 e. The number of imide groups is 1. The van der Waals surface area contributed by atoms with Crippen LogP contribution in [0, 0.1) is 0 Å². The first-order valence-electron chi connectivity index (χ1n) is 7.01. The summed E-state index contributed by atoms with van der Waals surface area (Å²) in [5, 5.41) is 3.13. The van der Waals surface area contributed by atoms with E-state index < -0.39 is 6.04 Å². The number of benzene rings is 1. The lowest BCUT2D eigenvalue weighted by Gasteiger charge is -2.29. The molecule has 1 aromatic rings. The number of rotatable bonds is 4. The number of nitrogens with two attached hydrogens (primary N) is 1. The van der Waals surface area contributed by atoms with Gasteiger partial charge in [-0.15, -0.1) is 0 Å². The van der Waals surface area contributed by atoms with Crippen LogP contribution >= 0.6 is 0 Å². The molecule has 0 radical (unpaired) electrons. The van der Waals surface area contributed by atoms with Gasteiger partial charge in [0.2, 0.25) is 5.91 Å². The number of likely N-dealkylation sites (N-methyl/N-ethyl adjacent to an activating group) is 1. The van der Waals surface area contributed by atoms with Crippen molar-refractivity contribution < 1.29 is 14.3 Å². The Labute approximate surface area is 124 Å². The monoisotopic (exact) mass is 291 g/mol. The van der Waals surface area contributed by atoms with Crippen LogP contribution in [0.2, 0.25) is 0 Å². The molecule has 6 heteroatoms. The zero-order valence-corrected chi connectivity index (χ0v) is 12.6. The summed E-state index contributed by atoms with van der Waals surface area (Å²) >= 11 is 0. The molecule has 1 atom stereocenters. The van der Waals surface area contributed by atoms with E-state index in [4.69, 9.17) is 10.5 Å². The lowest BCUT2D eigenvalue weighted by atomic mass is 10.0. The van der Waals surface area contributed by atoms with Crippen molar-refractivity contribution in [3.8, 4) is 5.75 Å². The van der Waals surface area contributed by atoms with Gasteiger partial charge in [-0.2, -0.15) is 0 Å². The number of piperidine rings is 1. The molecule has 2 amide bonds. The third-order valence-electron chi connectivity index (χ3n) is 3.29. The second-order valence-electron chi connectivity index (χ2n) is 5.48. The number of likely N-dealkylation sites (tertiary alicyclic amines) is 1. The van der Waals surface area contributed by atoms with Gasteiger partial charge in [0.05, 0.1) is 6.10 Å². The Morgan fingerprint density at radius 3 is 2.71 bits per heavy atom. The van der Waals surface area contributed by atoms with E-state index in [1.54, 1.807) is 18.2 Å². The summed E-state index contributed by atoms with van der Waals surface area (Å²) in [6.45, 7) is 3.86. The van der Waals surface area contributed by atoms with Crippen molar-refractivity contribution in [2.24, 2.45) is 0 Å². The zero-order valence-electron chi connectivity index (χ0n) is 12.6. The second kappa shape index (κ2) is 6.03. The summed E-state index contributed by atoms with van der Waals surface area (Å²) in [4.78, 5) is 24.7. The van der Waals surface area contributed by atoms with Gasteiger partial charge in [-0.1, -0.05) is 0 Å². The van der Waals surface area contributed by atoms with Gasteiger partial charge in [0, 0.05) is 37.0 Å². The summed E-state index contributed by atoms with van der Waals surface area (Å²) in [5.74, 6) is 0.287. The molecule has 1 saturated heterocycles. The fourth-order valence-electron chi connectivity index (χ4n) is 2.30. The molecule has 1 heterocycles. The van der Waals surface area contributed by atoms with E-state index in [9.17, 15) is 9.59 Å². The average molecular weight is 291 g/mol. The summed E-state index contributed by atoms with van der Waals surface area (Å²) in [5.41, 5.74) is 7.13. The number of amides is 2. The smallest absolute Gasteiger partial charge is 0.251 e. The van der Waals surface area contributed by atoms with E-state index in [-0.39, 0.29) is 17.9 Å². The topological polar surface area (TPSA) is 84.7 Å². The standard InChI is InChI=1S/C15H21N3O3/c1-9(2)21-12-7-10(16)6-11(8-12)17-13-4-5-14(19)18(3)15(13)20/h6-9,13,17H,4-5,16H2,1-3H3. The predicted molar refractivity (Wildman–Crippen MR) is 81.0 cm³/mol. The van der Waals surface area contributed by atoms with Crippen LogP contribution in [0.5, 0.6) is 5.75 Å². The van der Waals surface area contributed by atoms with Gasteiger partial charge in [-0.25, -0.2) is 0 Å². The van der Waals surface area contributed by atoms with Crippen molar-refractivity contribution in [1.29, 1.82) is 0 Å². The minimum atomic E-state index is -0.415. The highest BCUT2D eigenvalue weighted by Crippen LogP contribution is 2.25. The lowest BCUT2D eigenvalue weighted by Crippen LogP contribution is -2.48. The molecule has 1 aliphatic heterocycles. The Hall–Kier alpha value is -2.24. The SMILES string of the molecule is CC(C)Oc1cc(N)cc(NC2CCC(=O)N(C)C2=O)c1. The maximum Gasteiger partial charge on any atom is 0.251 e. The summed E-state index contributed by atoms with van der Waals surface area (Å²) in [6, 6.07) is 4.88. The van der Waals surface area contributed by atoms with Crippen molar-refractivity contribution in [2.45, 2.75) is 38.8 Å². The van der Waals surface area contributed by atoms with Crippen LogP contribution in [0.4, 0.5) is 11.4 Å². The first-order valence-corrected chi connectivity index (χ1v) is 7.01. The highest BCUT2D eigenvalue weighted by Gasteiger charge is 2.31. The molecule has 114 valence electrons. The summed E-state index contributed by atoms with van der Waals surface area (Å²) < 4.78 is 5.62. The molecule has 1 unspecified atom stereocenters. The van der Waals surface area contributed by atoms with E-state index in [1.807, 2.05) is 13.8 Å². The number of hydrogen-bond acceptors (Lipinski definition) is 5. The second-order valence-corrected chi connectivity index (χ2v) is 5.48. The van der Waals surface area contributed by atoms with Crippen LogP contribution < -0.4 is 15.8 Å². The van der Waals surface area contributed by atoms with E-state index in [1.165, 1.54) is 11.9 Å². The number of nitrogens with one attached hydrogen (secondary N) is 1. The van der Waals surface area contributed by atoms with Crippen molar-refractivity contribution in [3.63, 3.8) is 0 Å². The van der Waals surface area contributed by atoms with Crippen molar-refractivity contribution in [3.05, 3.63) is 18.2 Å². The van der Waals surface area contributed by atoms with Gasteiger partial charge in [0.15, 0.2) is 0 Å². The number of hydrogen-bond donors (Lipinski definition) is 2. The average Bonchev–Trinajstić information content (AvgIpc) is 2.38. The quantitative estimate of drug-likeness (QED) is 0.650. The zero-order chi connectivity index (χ0) is 15.6. The molecule has 0 bridgehead atoms. The highest BCUT2D eigenvalue weighted by molar-refractivity contribution is 6.01. The highest BCUT2D eigenvalue weighted by atomic mass is 16.5. The van der Waals surface area contributed by atoms with Gasteiger partial charge in [0.25, 0.3) is 5.91 Å². The van der Waals surface area contributed by atoms with Gasteiger partial charge in [0.1, 0.15) is 11.8 Å². The van der Waals surface area contributed by atoms with Crippen LogP contribution in [0.25, 0.3) is 0 Å². The van der Waals surface area contributed by atoms with Gasteiger partial charge < -0.3 is 15.8 Å². The molecule has 1 fully saturated rings. The van der Waals surface area contributed by atoms with E-state index in [0.29, 0.717) is 30.0 Å². The maximum atomic E-state index is 12.1. The molecule has 3 N–H and O–H groups in total. The Bertz CT molecular complexity index is 557. The number of nitrogen functional groups attached to an aromatic ring is 1. The Morgan fingerprint density at radius 1 is 1.33 bits per heavy atom. The predicted octanol–water partition coefficient (Wildman–Crippen LogP) is 1.62. The molecule has 0 aliphatic carbocycles. The van der Waals surface area contributed by atoms with E-state index >= 15 is 0 Å². The van der Waals surface area contributed by atoms with Gasteiger partial charge in [-0.05, 0) is 26.3 Å². The Morgan fingerprint density at radius 2 is 2.05 bits per heavy atom. The molecule has 21 heavy (non-hydrogen) atoms. The van der Waals surface area contributed by atoms with Crippen LogP contribution in [-0.4, -0.2) is 35.9 Å².